The lowest BCUT2D eigenvalue weighted by molar-refractivity contribution is 0.302. The third-order valence-corrected chi connectivity index (χ3v) is 4.83. The van der Waals surface area contributed by atoms with E-state index in [2.05, 4.69) is 114 Å². The van der Waals surface area contributed by atoms with E-state index >= 15 is 0 Å². The van der Waals surface area contributed by atoms with Crippen molar-refractivity contribution in [2.75, 3.05) is 13.7 Å². The van der Waals surface area contributed by atoms with Crippen LogP contribution in [0.5, 0.6) is 23.0 Å². The van der Waals surface area contributed by atoms with Crippen molar-refractivity contribution in [1.29, 1.82) is 0 Å². The second-order valence-corrected chi connectivity index (χ2v) is 7.86. The molecule has 26 nitrogen and oxygen atoms in total. The van der Waals surface area contributed by atoms with E-state index in [0.717, 1.165) is 0 Å². The normalized spacial score (nSPS) is 13.2. The van der Waals surface area contributed by atoms with Crippen molar-refractivity contribution in [2.24, 2.45) is 114 Å². The minimum absolute atomic E-state index is 0.0294. The van der Waals surface area contributed by atoms with Gasteiger partial charge in [0.2, 0.25) is 0 Å². The third-order valence-electron chi connectivity index (χ3n) is 4.83. The smallest absolute Gasteiger partial charge is 0.163 e. The fourth-order valence-electron chi connectivity index (χ4n) is 2.95. The predicted molar refractivity (Wildman–Crippen MR) is 163 cm³/mol. The van der Waals surface area contributed by atoms with Crippen LogP contribution in [0.1, 0.15) is 18.1 Å². The van der Waals surface area contributed by atoms with Gasteiger partial charge in [0.25, 0.3) is 0 Å². The lowest BCUT2D eigenvalue weighted by atomic mass is 10.2. The highest BCUT2D eigenvalue weighted by Gasteiger charge is 2.05. The van der Waals surface area contributed by atoms with Gasteiger partial charge in [0.1, 0.15) is 17.2 Å². The van der Waals surface area contributed by atoms with Gasteiger partial charge in [-0.15, -0.1) is 0 Å². The molecule has 49 heavy (non-hydrogen) atoms. The number of nitrogens with zero attached hydrogens (tertiary/aromatic N) is 22. The average molecular weight is 671 g/mol. The first-order valence-electron chi connectivity index (χ1n) is 13.1. The van der Waals surface area contributed by atoms with E-state index in [1.54, 1.807) is 42.5 Å². The van der Waals surface area contributed by atoms with Gasteiger partial charge in [0.05, 0.1) is 30.3 Å². The van der Waals surface area contributed by atoms with Crippen molar-refractivity contribution < 1.29 is 19.8 Å². The molecule has 0 saturated carbocycles. The molecule has 2 N–H and O–H groups in total. The summed E-state index contributed by atoms with van der Waals surface area (Å²) < 4.78 is 5.38. The van der Waals surface area contributed by atoms with Gasteiger partial charge in [-0.1, -0.05) is 12.1 Å². The quantitative estimate of drug-likeness (QED) is 0.0807. The second-order valence-electron chi connectivity index (χ2n) is 7.86. The van der Waals surface area contributed by atoms with E-state index in [0.29, 0.717) is 34.9 Å². The molecule has 0 saturated heterocycles. The summed E-state index contributed by atoms with van der Waals surface area (Å²) in [6, 6.07) is 16.4. The molecule has 3 aromatic carbocycles. The first-order valence-corrected chi connectivity index (χ1v) is 13.1. The highest BCUT2D eigenvalue weighted by Crippen LogP contribution is 2.30. The molecule has 0 heterocycles. The van der Waals surface area contributed by atoms with Crippen LogP contribution in [-0.4, -0.2) is 36.3 Å². The number of aliphatic imine (C=N–C) groups is 2. The van der Waals surface area contributed by atoms with Crippen LogP contribution >= 0.6 is 0 Å². The second kappa shape index (κ2) is 21.8. The van der Waals surface area contributed by atoms with Gasteiger partial charge in [-0.2, -0.15) is 5.11 Å². The lowest BCUT2D eigenvalue weighted by Crippen LogP contribution is -1.92. The van der Waals surface area contributed by atoms with E-state index in [-0.39, 0.29) is 17.2 Å². The fraction of sp³-hybridized carbons (Fsp3) is 0.130. The van der Waals surface area contributed by atoms with E-state index in [9.17, 15) is 10.2 Å². The zero-order valence-electron chi connectivity index (χ0n) is 25.2. The van der Waals surface area contributed by atoms with Crippen LogP contribution in [0, 0.1) is 0 Å². The van der Waals surface area contributed by atoms with Crippen LogP contribution in [0.15, 0.2) is 175 Å². The van der Waals surface area contributed by atoms with Crippen LogP contribution in [0.3, 0.4) is 0 Å². The molecule has 0 aliphatic rings. The maximum Gasteiger partial charge on any atom is 0.163 e. The standard InChI is InChI=1S/C23H22N22O4/c1-3-48-18-10-8-16(22(46)12-18)14-25-20-6-4-5-7-21(20)26-15-17-9-11-19(13-23(17)47)49-45-44-43-42-41-40-39-38-37-36-35-34-33-32-31-30-29-28-27-24-2/h4-15,46-47H,3H2,1-2H3. The molecule has 0 aliphatic heterocycles. The van der Waals surface area contributed by atoms with Crippen molar-refractivity contribution in [2.45, 2.75) is 6.92 Å². The Balaban J connectivity index is 1.45. The monoisotopic (exact) mass is 670 g/mol. The van der Waals surface area contributed by atoms with Gasteiger partial charge >= 0.3 is 0 Å². The van der Waals surface area contributed by atoms with Crippen molar-refractivity contribution in [3.63, 3.8) is 0 Å². The Bertz CT molecular complexity index is 1860. The molecule has 26 heteroatoms. The lowest BCUT2D eigenvalue weighted by Gasteiger charge is -2.05. The number of hydrogen-bond acceptors (Lipinski definition) is 8. The average Bonchev–Trinajstić information content (AvgIpc) is 3.10. The Morgan fingerprint density at radius 3 is 1.37 bits per heavy atom. The first-order chi connectivity index (χ1) is 24.1. The van der Waals surface area contributed by atoms with Crippen molar-refractivity contribution >= 4 is 23.8 Å². The summed E-state index contributed by atoms with van der Waals surface area (Å²) in [7, 11) is 1.39. The largest absolute Gasteiger partial charge is 0.507 e. The summed E-state index contributed by atoms with van der Waals surface area (Å²) in [5, 5.41) is 82.9. The summed E-state index contributed by atoms with van der Waals surface area (Å²) in [6.07, 6.45) is 2.97. The summed E-state index contributed by atoms with van der Waals surface area (Å²) in [5.74, 6) is 0.573. The van der Waals surface area contributed by atoms with Gasteiger partial charge in [-0.05, 0) is 85.1 Å². The van der Waals surface area contributed by atoms with Crippen LogP contribution in [0.4, 0.5) is 11.4 Å². The first kappa shape index (κ1) is 35.7. The topological polar surface area (TPSA) is 331 Å². The maximum absolute atomic E-state index is 10.4. The molecule has 0 spiro atoms. The van der Waals surface area contributed by atoms with E-state index in [1.165, 1.54) is 37.7 Å². The number of para-hydroxylation sites is 2. The molecule has 0 aliphatic carbocycles. The summed E-state index contributed by atoms with van der Waals surface area (Å²) in [6.45, 7) is 2.34. The van der Waals surface area contributed by atoms with E-state index < -0.39 is 0 Å². The molecule has 0 atom stereocenters. The Kier molecular flexibility index (Phi) is 15.9. The summed E-state index contributed by atoms with van der Waals surface area (Å²) in [4.78, 5) is 13.9. The maximum atomic E-state index is 10.4. The molecule has 0 bridgehead atoms. The van der Waals surface area contributed by atoms with Gasteiger partial charge in [0.15, 0.2) is 5.75 Å². The number of benzene rings is 3. The van der Waals surface area contributed by atoms with Crippen molar-refractivity contribution in [1.82, 2.24) is 0 Å². The van der Waals surface area contributed by atoms with E-state index in [1.807, 2.05) is 6.92 Å². The molecule has 3 aromatic rings. The van der Waals surface area contributed by atoms with Crippen LogP contribution < -0.4 is 9.57 Å². The predicted octanol–water partition coefficient (Wildman–Crippen LogP) is 8.68. The number of rotatable bonds is 17. The molecule has 0 fully saturated rings. The number of hydrogen-bond donors (Lipinski definition) is 2. The Morgan fingerprint density at radius 2 is 0.939 bits per heavy atom. The molecule has 0 aromatic heterocycles. The number of phenolic OH excluding ortho intramolecular Hbond substituents is 2. The molecule has 248 valence electrons. The zero-order valence-corrected chi connectivity index (χ0v) is 25.2. The number of aromatic hydroxyl groups is 2. The molecular weight excluding hydrogens is 648 g/mol. The molecular formula is C23H22N22O4. The highest BCUT2D eigenvalue weighted by atomic mass is 16.6. The Labute approximate surface area is 273 Å². The van der Waals surface area contributed by atoms with Crippen LogP contribution in [-0.2, 0) is 0 Å². The van der Waals surface area contributed by atoms with Crippen molar-refractivity contribution in [3.8, 4) is 23.0 Å². The number of phenols is 2. The van der Waals surface area contributed by atoms with Crippen LogP contribution in [0.2, 0.25) is 0 Å². The highest BCUT2D eigenvalue weighted by molar-refractivity contribution is 5.89. The minimum Gasteiger partial charge on any atom is -0.507 e. The van der Waals surface area contributed by atoms with Crippen molar-refractivity contribution in [3.05, 3.63) is 71.8 Å². The van der Waals surface area contributed by atoms with Gasteiger partial charge in [-0.3, -0.25) is 9.98 Å². The summed E-state index contributed by atoms with van der Waals surface area (Å²) >= 11 is 0. The van der Waals surface area contributed by atoms with Gasteiger partial charge in [-0.25, -0.2) is 0 Å². The molecule has 0 radical (unpaired) electrons. The SMILES string of the molecule is CCOc1ccc(C=Nc2ccccc2N=Cc2ccc(ON=NN=NN=NN=NN=NN=NN=NN=NN=NN=NC)cc2O)c(O)c1. The molecule has 3 rings (SSSR count). The summed E-state index contributed by atoms with van der Waals surface area (Å²) in [5.41, 5.74) is 1.95. The van der Waals surface area contributed by atoms with E-state index in [4.69, 9.17) is 9.57 Å². The molecule has 0 unspecified atom stereocenters. The van der Waals surface area contributed by atoms with Gasteiger partial charge in [0, 0.05) is 87.9 Å². The number of ether oxygens (including phenoxy) is 1. The third kappa shape index (κ3) is 14.2. The zero-order chi connectivity index (χ0) is 34.8. The van der Waals surface area contributed by atoms with Gasteiger partial charge < -0.3 is 19.8 Å². The Morgan fingerprint density at radius 1 is 0.531 bits per heavy atom. The Hall–Kier alpha value is -7.80. The van der Waals surface area contributed by atoms with Crippen LogP contribution in [0.25, 0.3) is 0 Å². The fourth-order valence-corrected chi connectivity index (χ4v) is 2.95. The molecule has 0 amide bonds. The minimum atomic E-state index is -0.151.